The molecule has 0 saturated carbocycles. The van der Waals surface area contributed by atoms with Crippen LogP contribution in [0.15, 0.2) is 78.9 Å². The number of hydrazine groups is 1. The lowest BCUT2D eigenvalue weighted by molar-refractivity contribution is 0.483. The number of hydrogen-bond donors (Lipinski definition) is 1. The minimum absolute atomic E-state index is 0.245. The molecule has 6 nitrogen and oxygen atoms in total. The minimum Gasteiger partial charge on any atom is -0.754 e. The largest absolute Gasteiger partial charge is 0.754 e. The number of para-hydroxylation sites is 1. The molecule has 3 aromatic rings. The summed E-state index contributed by atoms with van der Waals surface area (Å²) in [5.74, 6) is 6.47. The molecule has 0 amide bonds. The summed E-state index contributed by atoms with van der Waals surface area (Å²) in [6.45, 7) is 0. The first-order chi connectivity index (χ1) is 11.6. The van der Waals surface area contributed by atoms with E-state index in [9.17, 15) is 10.4 Å². The minimum atomic E-state index is 0.245. The maximum Gasteiger partial charge on any atom is 0.127 e. The van der Waals surface area contributed by atoms with Crippen molar-refractivity contribution in [3.63, 3.8) is 0 Å². The molecule has 0 bridgehead atoms. The number of ether oxygens (including phenoxy) is 1. The zero-order valence-corrected chi connectivity index (χ0v) is 12.7. The van der Waals surface area contributed by atoms with E-state index in [1.165, 1.54) is 24.3 Å². The van der Waals surface area contributed by atoms with Crippen LogP contribution in [0, 0.1) is 10.4 Å². The van der Waals surface area contributed by atoms with Gasteiger partial charge in [-0.25, -0.2) is 0 Å². The van der Waals surface area contributed by atoms with Crippen molar-refractivity contribution in [3.05, 3.63) is 89.3 Å². The standard InChI is InChI=1S/C18H15N3O3/c19-21(23)16-8-6-14(7-9-16)20(22)15-10-12-18(13-11-15)24-17-4-2-1-3-5-17/h1-13H,19H2/q-2. The van der Waals surface area contributed by atoms with Crippen LogP contribution in [0.1, 0.15) is 0 Å². The van der Waals surface area contributed by atoms with Gasteiger partial charge >= 0.3 is 0 Å². The van der Waals surface area contributed by atoms with Crippen LogP contribution in [-0.4, -0.2) is 0 Å². The van der Waals surface area contributed by atoms with Gasteiger partial charge in [-0.15, -0.1) is 0 Å². The number of nitrogens with two attached hydrogens (primary N) is 1. The molecule has 0 atom stereocenters. The Morgan fingerprint density at radius 2 is 1.08 bits per heavy atom. The molecule has 0 fully saturated rings. The Hall–Kier alpha value is -3.06. The summed E-state index contributed by atoms with van der Waals surface area (Å²) in [6, 6.07) is 22.2. The van der Waals surface area contributed by atoms with Crippen LogP contribution in [0.3, 0.4) is 0 Å². The number of rotatable bonds is 5. The predicted octanol–water partition coefficient (Wildman–Crippen LogP) is 4.29. The highest BCUT2D eigenvalue weighted by Gasteiger charge is 2.02. The fourth-order valence-electron chi connectivity index (χ4n) is 2.16. The van der Waals surface area contributed by atoms with E-state index in [0.717, 1.165) is 10.8 Å². The van der Waals surface area contributed by atoms with Gasteiger partial charge in [0.25, 0.3) is 0 Å². The topological polar surface area (TPSA) is 87.8 Å². The fraction of sp³-hybridized carbons (Fsp3) is 0. The van der Waals surface area contributed by atoms with Gasteiger partial charge in [0.2, 0.25) is 0 Å². The summed E-state index contributed by atoms with van der Waals surface area (Å²) in [7, 11) is 0. The van der Waals surface area contributed by atoms with Crippen molar-refractivity contribution in [2.75, 3.05) is 10.2 Å². The van der Waals surface area contributed by atoms with E-state index in [1.807, 2.05) is 30.3 Å². The Morgan fingerprint density at radius 3 is 1.62 bits per heavy atom. The van der Waals surface area contributed by atoms with Crippen molar-refractivity contribution in [1.82, 2.24) is 0 Å². The third-order valence-corrected chi connectivity index (χ3v) is 3.39. The predicted molar refractivity (Wildman–Crippen MR) is 94.9 cm³/mol. The summed E-state index contributed by atoms with van der Waals surface area (Å²) < 4.78 is 5.69. The summed E-state index contributed by atoms with van der Waals surface area (Å²) in [5, 5.41) is 24.3. The Bertz CT molecular complexity index is 775. The van der Waals surface area contributed by atoms with Gasteiger partial charge < -0.3 is 25.4 Å². The number of nitrogens with zero attached hydrogens (tertiary/aromatic N) is 2. The molecule has 0 aliphatic rings. The highest BCUT2D eigenvalue weighted by molar-refractivity contribution is 5.67. The molecule has 0 spiro atoms. The average Bonchev–Trinajstić information content (AvgIpc) is 2.63. The van der Waals surface area contributed by atoms with Crippen LogP contribution in [0.2, 0.25) is 0 Å². The van der Waals surface area contributed by atoms with Crippen molar-refractivity contribution >= 4 is 17.1 Å². The molecule has 0 heterocycles. The van der Waals surface area contributed by atoms with Crippen LogP contribution in [0.4, 0.5) is 17.1 Å². The molecule has 0 aliphatic carbocycles. The van der Waals surface area contributed by atoms with Gasteiger partial charge in [-0.2, -0.15) is 0 Å². The third kappa shape index (κ3) is 3.64. The summed E-state index contributed by atoms with van der Waals surface area (Å²) in [4.78, 5) is 0. The van der Waals surface area contributed by atoms with Gasteiger partial charge in [-0.1, -0.05) is 18.2 Å². The lowest BCUT2D eigenvalue weighted by Crippen LogP contribution is -2.22. The number of anilines is 3. The van der Waals surface area contributed by atoms with Crippen molar-refractivity contribution in [1.29, 1.82) is 0 Å². The average molecular weight is 321 g/mol. The molecule has 0 saturated heterocycles. The molecule has 0 radical (unpaired) electrons. The molecule has 2 N–H and O–H groups in total. The lowest BCUT2D eigenvalue weighted by Gasteiger charge is -2.32. The van der Waals surface area contributed by atoms with Crippen molar-refractivity contribution in [3.8, 4) is 11.5 Å². The van der Waals surface area contributed by atoms with Gasteiger partial charge in [0.15, 0.2) is 0 Å². The van der Waals surface area contributed by atoms with Crippen LogP contribution in [0.5, 0.6) is 11.5 Å². The Morgan fingerprint density at radius 1 is 0.625 bits per heavy atom. The summed E-state index contributed by atoms with van der Waals surface area (Å²) in [5.41, 5.74) is 1.13. The molecule has 0 aromatic heterocycles. The van der Waals surface area contributed by atoms with E-state index >= 15 is 0 Å². The first-order valence-electron chi connectivity index (χ1n) is 7.26. The van der Waals surface area contributed by atoms with E-state index in [1.54, 1.807) is 24.3 Å². The van der Waals surface area contributed by atoms with Gasteiger partial charge in [-0.3, -0.25) is 5.84 Å². The van der Waals surface area contributed by atoms with Crippen molar-refractivity contribution < 1.29 is 4.74 Å². The summed E-state index contributed by atoms with van der Waals surface area (Å²) in [6.07, 6.45) is 0. The van der Waals surface area contributed by atoms with E-state index in [2.05, 4.69) is 0 Å². The zero-order chi connectivity index (χ0) is 16.9. The maximum atomic E-state index is 12.3. The molecule has 6 heteroatoms. The third-order valence-electron chi connectivity index (χ3n) is 3.39. The quantitative estimate of drug-likeness (QED) is 0.557. The van der Waals surface area contributed by atoms with Crippen LogP contribution >= 0.6 is 0 Å². The maximum absolute atomic E-state index is 12.3. The zero-order valence-electron chi connectivity index (χ0n) is 12.7. The Labute approximate surface area is 139 Å². The number of benzene rings is 3. The number of hydrogen-bond acceptors (Lipinski definition) is 6. The molecule has 0 unspecified atom stereocenters. The highest BCUT2D eigenvalue weighted by atomic mass is 16.5. The molecule has 3 rings (SSSR count). The monoisotopic (exact) mass is 321 g/mol. The molecular weight excluding hydrogens is 306 g/mol. The van der Waals surface area contributed by atoms with Crippen LogP contribution in [0.25, 0.3) is 0 Å². The van der Waals surface area contributed by atoms with E-state index in [4.69, 9.17) is 10.6 Å². The van der Waals surface area contributed by atoms with Crippen LogP contribution in [-0.2, 0) is 0 Å². The normalized spacial score (nSPS) is 10.3. The first kappa shape index (κ1) is 15.8. The van der Waals surface area contributed by atoms with Gasteiger partial charge in [0, 0.05) is 17.1 Å². The second kappa shape index (κ2) is 7.01. The Balaban J connectivity index is 1.72. The smallest absolute Gasteiger partial charge is 0.127 e. The van der Waals surface area contributed by atoms with Gasteiger partial charge in [0.05, 0.1) is 0 Å². The molecular formula is C18H15N3O3-2. The second-order valence-electron chi connectivity index (χ2n) is 5.05. The lowest BCUT2D eigenvalue weighted by atomic mass is 10.2. The Kier molecular flexibility index (Phi) is 4.62. The summed E-state index contributed by atoms with van der Waals surface area (Å²) >= 11 is 0. The van der Waals surface area contributed by atoms with Crippen LogP contribution < -0.4 is 20.8 Å². The van der Waals surface area contributed by atoms with E-state index in [0.29, 0.717) is 17.1 Å². The molecule has 3 aromatic carbocycles. The SMILES string of the molecule is NN([O-])c1ccc(N([O-])c2ccc(Oc3ccccc3)cc2)cc1. The van der Waals surface area contributed by atoms with Gasteiger partial charge in [0.1, 0.15) is 11.5 Å². The first-order valence-corrected chi connectivity index (χ1v) is 7.26. The molecule has 122 valence electrons. The van der Waals surface area contributed by atoms with Gasteiger partial charge in [-0.05, 0) is 60.7 Å². The second-order valence-corrected chi connectivity index (χ2v) is 5.05. The molecule has 0 aliphatic heterocycles. The highest BCUT2D eigenvalue weighted by Crippen LogP contribution is 2.29. The fourth-order valence-corrected chi connectivity index (χ4v) is 2.16. The molecule has 24 heavy (non-hydrogen) atoms. The van der Waals surface area contributed by atoms with E-state index < -0.39 is 0 Å². The van der Waals surface area contributed by atoms with E-state index in [-0.39, 0.29) is 10.9 Å². The van der Waals surface area contributed by atoms with Crippen molar-refractivity contribution in [2.24, 2.45) is 5.84 Å². The van der Waals surface area contributed by atoms with Crippen molar-refractivity contribution in [2.45, 2.75) is 0 Å².